The quantitative estimate of drug-likeness (QED) is 0.502. The Morgan fingerprint density at radius 3 is 2.40 bits per heavy atom. The molecule has 0 spiro atoms. The number of halogens is 2. The fourth-order valence-electron chi connectivity index (χ4n) is 2.69. The molecule has 0 bridgehead atoms. The van der Waals surface area contributed by atoms with Gasteiger partial charge in [0.2, 0.25) is 0 Å². The van der Waals surface area contributed by atoms with Crippen LogP contribution in [0.2, 0.25) is 5.02 Å². The maximum Gasteiger partial charge on any atom is 0.342 e. The van der Waals surface area contributed by atoms with Gasteiger partial charge in [-0.3, -0.25) is 4.72 Å². The zero-order chi connectivity index (χ0) is 21.7. The van der Waals surface area contributed by atoms with E-state index in [1.165, 1.54) is 30.3 Å². The second-order valence-corrected chi connectivity index (χ2v) is 8.22. The van der Waals surface area contributed by atoms with Crippen LogP contribution in [0.3, 0.4) is 0 Å². The molecule has 0 heterocycles. The lowest BCUT2D eigenvalue weighted by molar-refractivity contribution is 0.0474. The van der Waals surface area contributed by atoms with Gasteiger partial charge in [-0.1, -0.05) is 72.8 Å². The summed E-state index contributed by atoms with van der Waals surface area (Å²) < 4.78 is 46.9. The number of carbonyl (C=O) groups is 1. The van der Waals surface area contributed by atoms with Crippen LogP contribution in [0.15, 0.2) is 78.2 Å². The smallest absolute Gasteiger partial charge is 0.342 e. The van der Waals surface area contributed by atoms with Crippen LogP contribution < -0.4 is 4.72 Å². The van der Waals surface area contributed by atoms with Crippen molar-refractivity contribution in [2.45, 2.75) is 11.5 Å². The van der Waals surface area contributed by atoms with Gasteiger partial charge in [-0.05, 0) is 29.3 Å². The van der Waals surface area contributed by atoms with E-state index in [0.29, 0.717) is 5.56 Å². The van der Waals surface area contributed by atoms with Gasteiger partial charge in [0.25, 0.3) is 10.0 Å². The molecule has 0 radical (unpaired) electrons. The number of nitrogens with one attached hydrogen (secondary N) is 1. The van der Waals surface area contributed by atoms with Gasteiger partial charge in [0.1, 0.15) is 22.9 Å². The normalized spacial score (nSPS) is 11.0. The Balaban J connectivity index is 1.97. The molecule has 0 amide bonds. The molecule has 154 valence electrons. The zero-order valence-electron chi connectivity index (χ0n) is 15.6. The minimum Gasteiger partial charge on any atom is -0.457 e. The van der Waals surface area contributed by atoms with Crippen LogP contribution in [0.25, 0.3) is 6.08 Å². The third-order valence-corrected chi connectivity index (χ3v) is 5.99. The van der Waals surface area contributed by atoms with Crippen LogP contribution in [-0.4, -0.2) is 14.4 Å². The first-order chi connectivity index (χ1) is 14.3. The lowest BCUT2D eigenvalue weighted by Crippen LogP contribution is -2.18. The number of hydrogen-bond donors (Lipinski definition) is 1. The summed E-state index contributed by atoms with van der Waals surface area (Å²) in [5, 5.41) is -0.0307. The van der Waals surface area contributed by atoms with E-state index in [4.69, 9.17) is 16.3 Å². The van der Waals surface area contributed by atoms with Crippen molar-refractivity contribution in [2.24, 2.45) is 0 Å². The number of carbonyl (C=O) groups excluding carboxylic acids is 1. The third kappa shape index (κ3) is 4.69. The highest BCUT2D eigenvalue weighted by molar-refractivity contribution is 7.92. The monoisotopic (exact) mass is 445 g/mol. The Morgan fingerprint density at radius 2 is 1.73 bits per heavy atom. The summed E-state index contributed by atoms with van der Waals surface area (Å²) in [6.07, 6.45) is 1.42. The van der Waals surface area contributed by atoms with Crippen molar-refractivity contribution in [2.75, 3.05) is 4.72 Å². The summed E-state index contributed by atoms with van der Waals surface area (Å²) in [4.78, 5) is 12.2. The first-order valence-corrected chi connectivity index (χ1v) is 10.6. The number of hydrogen-bond acceptors (Lipinski definition) is 4. The van der Waals surface area contributed by atoms with Crippen molar-refractivity contribution >= 4 is 39.4 Å². The second kappa shape index (κ2) is 9.11. The van der Waals surface area contributed by atoms with E-state index >= 15 is 0 Å². The molecule has 0 unspecified atom stereocenters. The van der Waals surface area contributed by atoms with Crippen molar-refractivity contribution in [1.29, 1.82) is 0 Å². The number of ether oxygens (including phenoxy) is 1. The molecule has 0 aliphatic rings. The van der Waals surface area contributed by atoms with Gasteiger partial charge in [0.15, 0.2) is 0 Å². The molecule has 3 rings (SSSR count). The lowest BCUT2D eigenvalue weighted by Gasteiger charge is -2.15. The van der Waals surface area contributed by atoms with Crippen molar-refractivity contribution in [3.63, 3.8) is 0 Å². The number of esters is 1. The maximum atomic E-state index is 14.0. The number of rotatable bonds is 7. The van der Waals surface area contributed by atoms with E-state index in [1.807, 2.05) is 6.07 Å². The first-order valence-electron chi connectivity index (χ1n) is 8.77. The molecule has 0 aromatic heterocycles. The predicted octanol–water partition coefficient (Wildman–Crippen LogP) is 5.28. The Bertz CT molecular complexity index is 1200. The molecule has 0 aliphatic carbocycles. The standard InChI is InChI=1S/C22H17ClFNO4S/c1-2-16-12-13-18(25-30(27,28)19-11-7-6-10-17(19)24)20(21(16)23)22(26)29-14-15-8-4-3-5-9-15/h2-13,25H,1,14H2. The SMILES string of the molecule is C=Cc1ccc(NS(=O)(=O)c2ccccc2F)c(C(=O)OCc2ccccc2)c1Cl. The summed E-state index contributed by atoms with van der Waals surface area (Å²) in [6.45, 7) is 3.59. The fraction of sp³-hybridized carbons (Fsp3) is 0.0455. The van der Waals surface area contributed by atoms with Gasteiger partial charge < -0.3 is 4.74 Å². The van der Waals surface area contributed by atoms with Gasteiger partial charge in [-0.25, -0.2) is 17.6 Å². The molecular formula is C22H17ClFNO4S. The van der Waals surface area contributed by atoms with E-state index in [1.54, 1.807) is 24.3 Å². The highest BCUT2D eigenvalue weighted by Crippen LogP contribution is 2.32. The third-order valence-electron chi connectivity index (χ3n) is 4.18. The number of sulfonamides is 1. The minimum atomic E-state index is -4.32. The zero-order valence-corrected chi connectivity index (χ0v) is 17.2. The first kappa shape index (κ1) is 21.5. The van der Waals surface area contributed by atoms with Gasteiger partial charge in [0, 0.05) is 0 Å². The van der Waals surface area contributed by atoms with Gasteiger partial charge >= 0.3 is 5.97 Å². The molecule has 3 aromatic carbocycles. The summed E-state index contributed by atoms with van der Waals surface area (Å²) in [5.41, 5.74) is 0.837. The molecule has 0 atom stereocenters. The highest BCUT2D eigenvalue weighted by Gasteiger charge is 2.25. The van der Waals surface area contributed by atoms with E-state index in [2.05, 4.69) is 11.3 Å². The predicted molar refractivity (Wildman–Crippen MR) is 114 cm³/mol. The Kier molecular flexibility index (Phi) is 6.54. The maximum absolute atomic E-state index is 14.0. The average Bonchev–Trinajstić information content (AvgIpc) is 2.73. The molecule has 5 nitrogen and oxygen atoms in total. The summed E-state index contributed by atoms with van der Waals surface area (Å²) in [6, 6.07) is 16.7. The molecule has 0 saturated carbocycles. The number of anilines is 1. The van der Waals surface area contributed by atoms with E-state index in [0.717, 1.165) is 17.7 Å². The molecule has 0 aliphatic heterocycles. The van der Waals surface area contributed by atoms with Crippen LogP contribution in [-0.2, 0) is 21.4 Å². The van der Waals surface area contributed by atoms with Crippen LogP contribution in [0, 0.1) is 5.82 Å². The minimum absolute atomic E-state index is 0.0307. The molecule has 1 N–H and O–H groups in total. The molecule has 3 aromatic rings. The van der Waals surface area contributed by atoms with E-state index in [9.17, 15) is 17.6 Å². The van der Waals surface area contributed by atoms with Gasteiger partial charge in [0.05, 0.1) is 10.7 Å². The molecular weight excluding hydrogens is 429 g/mol. The summed E-state index contributed by atoms with van der Waals surface area (Å²) >= 11 is 6.32. The van der Waals surface area contributed by atoms with Crippen molar-refractivity contribution in [3.8, 4) is 0 Å². The molecule has 30 heavy (non-hydrogen) atoms. The van der Waals surface area contributed by atoms with Gasteiger partial charge in [-0.15, -0.1) is 0 Å². The summed E-state index contributed by atoms with van der Waals surface area (Å²) in [5.74, 6) is -1.76. The van der Waals surface area contributed by atoms with Crippen LogP contribution in [0.1, 0.15) is 21.5 Å². The molecule has 0 saturated heterocycles. The largest absolute Gasteiger partial charge is 0.457 e. The Labute approximate surface area is 178 Å². The van der Waals surface area contributed by atoms with Crippen molar-refractivity contribution in [1.82, 2.24) is 0 Å². The Morgan fingerprint density at radius 1 is 1.07 bits per heavy atom. The van der Waals surface area contributed by atoms with Crippen molar-refractivity contribution < 1.29 is 22.3 Å². The highest BCUT2D eigenvalue weighted by atomic mass is 35.5. The Hall–Kier alpha value is -3.16. The molecule has 0 fully saturated rings. The lowest BCUT2D eigenvalue weighted by atomic mass is 10.1. The number of benzene rings is 3. The van der Waals surface area contributed by atoms with Crippen LogP contribution in [0.4, 0.5) is 10.1 Å². The van der Waals surface area contributed by atoms with Crippen LogP contribution in [0.5, 0.6) is 0 Å². The topological polar surface area (TPSA) is 72.5 Å². The second-order valence-electron chi connectivity index (χ2n) is 6.19. The van der Waals surface area contributed by atoms with Crippen molar-refractivity contribution in [3.05, 3.63) is 101 Å². The van der Waals surface area contributed by atoms with E-state index in [-0.39, 0.29) is 22.9 Å². The van der Waals surface area contributed by atoms with E-state index < -0.39 is 26.7 Å². The molecule has 8 heteroatoms. The van der Waals surface area contributed by atoms with Crippen LogP contribution >= 0.6 is 11.6 Å². The average molecular weight is 446 g/mol. The summed E-state index contributed by atoms with van der Waals surface area (Å²) in [7, 11) is -4.32. The fourth-order valence-corrected chi connectivity index (χ4v) is 4.16. The van der Waals surface area contributed by atoms with Gasteiger partial charge in [-0.2, -0.15) is 0 Å².